The van der Waals surface area contributed by atoms with Crippen molar-refractivity contribution in [2.45, 2.75) is 32.7 Å². The summed E-state index contributed by atoms with van der Waals surface area (Å²) in [5.74, 6) is 0.968. The Morgan fingerprint density at radius 1 is 1.33 bits per heavy atom. The van der Waals surface area contributed by atoms with Gasteiger partial charge in [0.2, 0.25) is 0 Å². The van der Waals surface area contributed by atoms with Gasteiger partial charge >= 0.3 is 0 Å². The van der Waals surface area contributed by atoms with Crippen LogP contribution in [0.1, 0.15) is 26.7 Å². The number of aromatic nitrogens is 1. The van der Waals surface area contributed by atoms with Gasteiger partial charge in [-0.2, -0.15) is 0 Å². The highest BCUT2D eigenvalue weighted by Crippen LogP contribution is 2.16. The summed E-state index contributed by atoms with van der Waals surface area (Å²) in [5, 5.41) is 3.44. The second-order valence-electron chi connectivity index (χ2n) is 3.95. The lowest BCUT2D eigenvalue weighted by Gasteiger charge is -2.17. The smallest absolute Gasteiger partial charge is 0.128 e. The minimum Gasteiger partial charge on any atom is -0.378 e. The first-order chi connectivity index (χ1) is 7.17. The fourth-order valence-corrected chi connectivity index (χ4v) is 1.48. The van der Waals surface area contributed by atoms with Gasteiger partial charge in [0.05, 0.1) is 0 Å². The molecule has 0 bridgehead atoms. The molecule has 0 atom stereocenters. The maximum atomic E-state index is 4.32. The highest BCUT2D eigenvalue weighted by Gasteiger charge is 2.04. The number of hydrogen-bond acceptors (Lipinski definition) is 3. The molecule has 1 rings (SSSR count). The zero-order valence-electron chi connectivity index (χ0n) is 10.1. The summed E-state index contributed by atoms with van der Waals surface area (Å²) < 4.78 is 0. The molecule has 15 heavy (non-hydrogen) atoms. The van der Waals surface area contributed by atoms with Gasteiger partial charge in [-0.25, -0.2) is 4.98 Å². The van der Waals surface area contributed by atoms with Gasteiger partial charge in [-0.1, -0.05) is 13.8 Å². The molecule has 1 N–H and O–H groups in total. The van der Waals surface area contributed by atoms with Crippen molar-refractivity contribution in [3.63, 3.8) is 0 Å². The van der Waals surface area contributed by atoms with Crippen LogP contribution in [-0.4, -0.2) is 25.1 Å². The molecule has 1 aromatic rings. The predicted molar refractivity (Wildman–Crippen MR) is 66.6 cm³/mol. The SMILES string of the molecule is CCC(CC)Nc1cc(N(C)C)ccn1. The maximum Gasteiger partial charge on any atom is 0.128 e. The zero-order chi connectivity index (χ0) is 11.3. The van der Waals surface area contributed by atoms with Crippen molar-refractivity contribution < 1.29 is 0 Å². The Kier molecular flexibility index (Phi) is 4.40. The van der Waals surface area contributed by atoms with Gasteiger partial charge in [0.15, 0.2) is 0 Å². The molecule has 3 nitrogen and oxygen atoms in total. The molecular formula is C12H21N3. The second kappa shape index (κ2) is 5.59. The highest BCUT2D eigenvalue weighted by molar-refractivity contribution is 5.53. The lowest BCUT2D eigenvalue weighted by atomic mass is 10.2. The van der Waals surface area contributed by atoms with Crippen LogP contribution in [-0.2, 0) is 0 Å². The summed E-state index contributed by atoms with van der Waals surface area (Å²) in [7, 11) is 4.08. The summed E-state index contributed by atoms with van der Waals surface area (Å²) in [6.07, 6.45) is 4.11. The van der Waals surface area contributed by atoms with Crippen molar-refractivity contribution >= 4 is 11.5 Å². The van der Waals surface area contributed by atoms with Crippen molar-refractivity contribution in [3.05, 3.63) is 18.3 Å². The minimum absolute atomic E-state index is 0.523. The van der Waals surface area contributed by atoms with E-state index in [0.29, 0.717) is 6.04 Å². The van der Waals surface area contributed by atoms with Crippen molar-refractivity contribution in [1.29, 1.82) is 0 Å². The lowest BCUT2D eigenvalue weighted by molar-refractivity contribution is 0.668. The molecule has 0 aromatic carbocycles. The summed E-state index contributed by atoms with van der Waals surface area (Å²) in [6, 6.07) is 4.62. The van der Waals surface area contributed by atoms with Gasteiger partial charge in [0, 0.05) is 38.1 Å². The van der Waals surface area contributed by atoms with Crippen LogP contribution < -0.4 is 10.2 Å². The van der Waals surface area contributed by atoms with E-state index in [1.165, 1.54) is 5.69 Å². The van der Waals surface area contributed by atoms with Crippen LogP contribution in [0.2, 0.25) is 0 Å². The van der Waals surface area contributed by atoms with Gasteiger partial charge in [0.1, 0.15) is 5.82 Å². The Morgan fingerprint density at radius 3 is 2.53 bits per heavy atom. The standard InChI is InChI=1S/C12H21N3/c1-5-10(6-2)14-12-9-11(15(3)4)7-8-13-12/h7-10H,5-6H2,1-4H3,(H,13,14). The molecule has 0 aliphatic carbocycles. The summed E-state index contributed by atoms with van der Waals surface area (Å²) in [5.41, 5.74) is 1.18. The molecule has 1 aromatic heterocycles. The number of pyridine rings is 1. The zero-order valence-corrected chi connectivity index (χ0v) is 10.1. The molecule has 0 saturated carbocycles. The second-order valence-corrected chi connectivity index (χ2v) is 3.95. The van der Waals surface area contributed by atoms with E-state index in [9.17, 15) is 0 Å². The Labute approximate surface area is 92.5 Å². The van der Waals surface area contributed by atoms with Gasteiger partial charge in [0.25, 0.3) is 0 Å². The van der Waals surface area contributed by atoms with Crippen LogP contribution >= 0.6 is 0 Å². The third-order valence-electron chi connectivity index (χ3n) is 2.60. The fraction of sp³-hybridized carbons (Fsp3) is 0.583. The van der Waals surface area contributed by atoms with Crippen LogP contribution in [0.25, 0.3) is 0 Å². The molecule has 84 valence electrons. The molecule has 0 aliphatic rings. The van der Waals surface area contributed by atoms with Gasteiger partial charge in [-0.05, 0) is 18.9 Å². The van der Waals surface area contributed by atoms with E-state index in [-0.39, 0.29) is 0 Å². The van der Waals surface area contributed by atoms with E-state index in [1.807, 2.05) is 26.4 Å². The van der Waals surface area contributed by atoms with Gasteiger partial charge < -0.3 is 10.2 Å². The first-order valence-electron chi connectivity index (χ1n) is 5.57. The van der Waals surface area contributed by atoms with E-state index in [1.54, 1.807) is 0 Å². The maximum absolute atomic E-state index is 4.32. The van der Waals surface area contributed by atoms with Crippen LogP contribution in [0.4, 0.5) is 11.5 Å². The van der Waals surface area contributed by atoms with E-state index >= 15 is 0 Å². The average molecular weight is 207 g/mol. The third-order valence-corrected chi connectivity index (χ3v) is 2.60. The molecule has 0 spiro atoms. The van der Waals surface area contributed by atoms with E-state index < -0.39 is 0 Å². The molecule has 0 amide bonds. The van der Waals surface area contributed by atoms with E-state index in [0.717, 1.165) is 18.7 Å². The molecule has 0 saturated heterocycles. The van der Waals surface area contributed by atoms with Gasteiger partial charge in [-0.15, -0.1) is 0 Å². The molecule has 0 unspecified atom stereocenters. The van der Waals surface area contributed by atoms with Crippen LogP contribution in [0, 0.1) is 0 Å². The normalized spacial score (nSPS) is 10.5. The molecular weight excluding hydrogens is 186 g/mol. The van der Waals surface area contributed by atoms with Crippen molar-refractivity contribution in [1.82, 2.24) is 4.98 Å². The van der Waals surface area contributed by atoms with Crippen molar-refractivity contribution in [3.8, 4) is 0 Å². The van der Waals surface area contributed by atoms with Crippen LogP contribution in [0.15, 0.2) is 18.3 Å². The number of nitrogens with zero attached hydrogens (tertiary/aromatic N) is 2. The first kappa shape index (κ1) is 11.8. The average Bonchev–Trinajstić information content (AvgIpc) is 2.26. The minimum atomic E-state index is 0.523. The molecule has 0 aliphatic heterocycles. The third kappa shape index (κ3) is 3.42. The quantitative estimate of drug-likeness (QED) is 0.804. The number of anilines is 2. The number of rotatable bonds is 5. The van der Waals surface area contributed by atoms with E-state index in [2.05, 4.69) is 35.1 Å². The molecule has 0 fully saturated rings. The Bertz CT molecular complexity index is 293. The molecule has 1 heterocycles. The summed E-state index contributed by atoms with van der Waals surface area (Å²) in [6.45, 7) is 4.38. The Balaban J connectivity index is 2.72. The number of nitrogens with one attached hydrogen (secondary N) is 1. The fourth-order valence-electron chi connectivity index (χ4n) is 1.48. The topological polar surface area (TPSA) is 28.2 Å². The first-order valence-corrected chi connectivity index (χ1v) is 5.57. The van der Waals surface area contributed by atoms with Gasteiger partial charge in [-0.3, -0.25) is 0 Å². The number of hydrogen-bond donors (Lipinski definition) is 1. The Morgan fingerprint density at radius 2 is 2.00 bits per heavy atom. The van der Waals surface area contributed by atoms with E-state index in [4.69, 9.17) is 0 Å². The molecule has 0 radical (unpaired) electrons. The summed E-state index contributed by atoms with van der Waals surface area (Å²) in [4.78, 5) is 6.40. The van der Waals surface area contributed by atoms with Crippen LogP contribution in [0.5, 0.6) is 0 Å². The summed E-state index contributed by atoms with van der Waals surface area (Å²) >= 11 is 0. The van der Waals surface area contributed by atoms with Crippen molar-refractivity contribution in [2.75, 3.05) is 24.3 Å². The van der Waals surface area contributed by atoms with Crippen molar-refractivity contribution in [2.24, 2.45) is 0 Å². The highest BCUT2D eigenvalue weighted by atomic mass is 15.1. The van der Waals surface area contributed by atoms with Crippen LogP contribution in [0.3, 0.4) is 0 Å². The largest absolute Gasteiger partial charge is 0.378 e. The Hall–Kier alpha value is -1.25. The predicted octanol–water partition coefficient (Wildman–Crippen LogP) is 2.75. The lowest BCUT2D eigenvalue weighted by Crippen LogP contribution is -2.18. The molecule has 3 heteroatoms. The monoisotopic (exact) mass is 207 g/mol.